The van der Waals surface area contributed by atoms with Crippen molar-refractivity contribution in [1.29, 1.82) is 0 Å². The molecule has 114 valence electrons. The molecule has 0 saturated heterocycles. The predicted molar refractivity (Wildman–Crippen MR) is 88.6 cm³/mol. The number of urea groups is 1. The summed E-state index contributed by atoms with van der Waals surface area (Å²) in [5, 5.41) is 5.87. The number of amides is 3. The summed E-state index contributed by atoms with van der Waals surface area (Å²) in [7, 11) is 3.32. The molecule has 0 fully saturated rings. The van der Waals surface area contributed by atoms with Crippen LogP contribution in [0.15, 0.2) is 48.5 Å². The number of anilines is 2. The number of rotatable bonds is 3. The van der Waals surface area contributed by atoms with Crippen LogP contribution in [-0.2, 0) is 0 Å². The van der Waals surface area contributed by atoms with Crippen molar-refractivity contribution in [3.63, 3.8) is 0 Å². The quantitative estimate of drug-likeness (QED) is 0.907. The van der Waals surface area contributed by atoms with Crippen molar-refractivity contribution >= 4 is 34.9 Å². The summed E-state index contributed by atoms with van der Waals surface area (Å²) in [6.07, 6.45) is 0. The molecule has 0 unspecified atom stereocenters. The minimum absolute atomic E-state index is 0.182. The van der Waals surface area contributed by atoms with E-state index in [1.54, 1.807) is 62.6 Å². The van der Waals surface area contributed by atoms with E-state index in [2.05, 4.69) is 10.6 Å². The Bertz CT molecular complexity index is 701. The van der Waals surface area contributed by atoms with E-state index in [0.717, 1.165) is 0 Å². The summed E-state index contributed by atoms with van der Waals surface area (Å²) in [4.78, 5) is 25.6. The van der Waals surface area contributed by atoms with Crippen molar-refractivity contribution in [2.45, 2.75) is 0 Å². The monoisotopic (exact) mass is 317 g/mol. The molecule has 0 aliphatic carbocycles. The Balaban J connectivity index is 2.14. The van der Waals surface area contributed by atoms with E-state index in [-0.39, 0.29) is 5.91 Å². The fraction of sp³-hybridized carbons (Fsp3) is 0.125. The van der Waals surface area contributed by atoms with Crippen LogP contribution in [0.3, 0.4) is 0 Å². The van der Waals surface area contributed by atoms with Crippen LogP contribution < -0.4 is 10.6 Å². The number of hydrogen-bond donors (Lipinski definition) is 2. The van der Waals surface area contributed by atoms with Crippen LogP contribution in [0.1, 0.15) is 10.4 Å². The number of benzene rings is 2. The van der Waals surface area contributed by atoms with Crippen molar-refractivity contribution in [3.05, 3.63) is 59.1 Å². The summed E-state index contributed by atoms with van der Waals surface area (Å²) in [5.41, 5.74) is 1.44. The van der Waals surface area contributed by atoms with Crippen LogP contribution in [0.4, 0.5) is 16.2 Å². The molecular weight excluding hydrogens is 302 g/mol. The van der Waals surface area contributed by atoms with Gasteiger partial charge in [-0.05, 0) is 30.3 Å². The maximum Gasteiger partial charge on any atom is 0.323 e. The zero-order chi connectivity index (χ0) is 16.1. The Hall–Kier alpha value is -2.53. The highest BCUT2D eigenvalue weighted by Crippen LogP contribution is 2.18. The maximum atomic E-state index is 12.1. The van der Waals surface area contributed by atoms with Gasteiger partial charge in [0.15, 0.2) is 0 Å². The molecule has 0 aliphatic rings. The third-order valence-electron chi connectivity index (χ3n) is 2.89. The number of nitrogens with zero attached hydrogens (tertiary/aromatic N) is 1. The molecule has 0 atom stereocenters. The normalized spacial score (nSPS) is 9.95. The standard InChI is InChI=1S/C16H16ClN3O2/c1-20(2)15(21)13-8-3-4-9-14(13)19-16(22)18-12-7-5-6-11(17)10-12/h3-10H,1-2H3,(H2,18,19,22). The molecule has 0 heterocycles. The van der Waals surface area contributed by atoms with Gasteiger partial charge in [0.1, 0.15) is 0 Å². The number of para-hydroxylation sites is 1. The minimum atomic E-state index is -0.443. The van der Waals surface area contributed by atoms with Crippen molar-refractivity contribution in [2.24, 2.45) is 0 Å². The first-order valence-corrected chi connectivity index (χ1v) is 6.99. The van der Waals surface area contributed by atoms with E-state index in [1.165, 1.54) is 4.90 Å². The van der Waals surface area contributed by atoms with Crippen molar-refractivity contribution in [3.8, 4) is 0 Å². The fourth-order valence-electron chi connectivity index (χ4n) is 1.87. The number of hydrogen-bond acceptors (Lipinski definition) is 2. The molecule has 2 aromatic rings. The summed E-state index contributed by atoms with van der Waals surface area (Å²) >= 11 is 5.87. The molecule has 3 amide bonds. The second-order valence-corrected chi connectivity index (χ2v) is 5.27. The van der Waals surface area contributed by atoms with Crippen LogP contribution in [0.25, 0.3) is 0 Å². The summed E-state index contributed by atoms with van der Waals surface area (Å²) in [6.45, 7) is 0. The second kappa shape index (κ2) is 6.95. The minimum Gasteiger partial charge on any atom is -0.345 e. The molecule has 2 N–H and O–H groups in total. The Labute approximate surface area is 133 Å². The molecule has 2 rings (SSSR count). The Morgan fingerprint density at radius 2 is 1.73 bits per heavy atom. The van der Waals surface area contributed by atoms with Crippen molar-refractivity contribution in [1.82, 2.24) is 4.90 Å². The van der Waals surface area contributed by atoms with Crippen LogP contribution in [-0.4, -0.2) is 30.9 Å². The average molecular weight is 318 g/mol. The molecular formula is C16H16ClN3O2. The Morgan fingerprint density at radius 3 is 2.41 bits per heavy atom. The zero-order valence-electron chi connectivity index (χ0n) is 12.3. The largest absolute Gasteiger partial charge is 0.345 e. The van der Waals surface area contributed by atoms with Gasteiger partial charge in [0.25, 0.3) is 5.91 Å². The van der Waals surface area contributed by atoms with Gasteiger partial charge in [-0.3, -0.25) is 4.79 Å². The molecule has 2 aromatic carbocycles. The maximum absolute atomic E-state index is 12.1. The lowest BCUT2D eigenvalue weighted by molar-refractivity contribution is 0.0828. The second-order valence-electron chi connectivity index (χ2n) is 4.83. The first-order valence-electron chi connectivity index (χ1n) is 6.61. The topological polar surface area (TPSA) is 61.4 Å². The van der Waals surface area contributed by atoms with E-state index >= 15 is 0 Å². The van der Waals surface area contributed by atoms with E-state index in [1.807, 2.05) is 0 Å². The highest BCUT2D eigenvalue weighted by Gasteiger charge is 2.14. The van der Waals surface area contributed by atoms with Gasteiger partial charge in [0, 0.05) is 24.8 Å². The number of carbonyl (C=O) groups is 2. The SMILES string of the molecule is CN(C)C(=O)c1ccccc1NC(=O)Nc1cccc(Cl)c1. The van der Waals surface area contributed by atoms with E-state index < -0.39 is 6.03 Å². The van der Waals surface area contributed by atoms with Gasteiger partial charge in [-0.15, -0.1) is 0 Å². The molecule has 0 radical (unpaired) electrons. The zero-order valence-corrected chi connectivity index (χ0v) is 13.0. The average Bonchev–Trinajstić information content (AvgIpc) is 2.47. The number of halogens is 1. The molecule has 0 spiro atoms. The number of nitrogens with one attached hydrogen (secondary N) is 2. The van der Waals surface area contributed by atoms with E-state index in [0.29, 0.717) is 22.0 Å². The molecule has 5 nitrogen and oxygen atoms in total. The summed E-state index contributed by atoms with van der Waals surface area (Å²) < 4.78 is 0. The third-order valence-corrected chi connectivity index (χ3v) is 3.13. The fourth-order valence-corrected chi connectivity index (χ4v) is 2.06. The van der Waals surface area contributed by atoms with Crippen LogP contribution in [0.2, 0.25) is 5.02 Å². The van der Waals surface area contributed by atoms with E-state index in [9.17, 15) is 9.59 Å². The van der Waals surface area contributed by atoms with Gasteiger partial charge < -0.3 is 15.5 Å². The molecule has 0 aliphatic heterocycles. The van der Waals surface area contributed by atoms with Crippen LogP contribution in [0, 0.1) is 0 Å². The lowest BCUT2D eigenvalue weighted by Gasteiger charge is -2.15. The molecule has 0 bridgehead atoms. The Kier molecular flexibility index (Phi) is 5.01. The van der Waals surface area contributed by atoms with Crippen LogP contribution >= 0.6 is 11.6 Å². The van der Waals surface area contributed by atoms with Gasteiger partial charge in [-0.25, -0.2) is 4.79 Å². The highest BCUT2D eigenvalue weighted by atomic mass is 35.5. The van der Waals surface area contributed by atoms with Crippen LogP contribution in [0.5, 0.6) is 0 Å². The molecule has 6 heteroatoms. The molecule has 22 heavy (non-hydrogen) atoms. The van der Waals surface area contributed by atoms with Gasteiger partial charge >= 0.3 is 6.03 Å². The lowest BCUT2D eigenvalue weighted by atomic mass is 10.1. The van der Waals surface area contributed by atoms with E-state index in [4.69, 9.17) is 11.6 Å². The first-order chi connectivity index (χ1) is 10.5. The molecule has 0 aromatic heterocycles. The van der Waals surface area contributed by atoms with Gasteiger partial charge in [0.05, 0.1) is 11.3 Å². The highest BCUT2D eigenvalue weighted by molar-refractivity contribution is 6.30. The smallest absolute Gasteiger partial charge is 0.323 e. The van der Waals surface area contributed by atoms with Gasteiger partial charge in [-0.2, -0.15) is 0 Å². The van der Waals surface area contributed by atoms with Gasteiger partial charge in [-0.1, -0.05) is 29.8 Å². The van der Waals surface area contributed by atoms with Crippen molar-refractivity contribution in [2.75, 3.05) is 24.7 Å². The summed E-state index contributed by atoms with van der Waals surface area (Å²) in [6, 6.07) is 13.2. The lowest BCUT2D eigenvalue weighted by Crippen LogP contribution is -2.25. The number of carbonyl (C=O) groups excluding carboxylic acids is 2. The van der Waals surface area contributed by atoms with Crippen molar-refractivity contribution < 1.29 is 9.59 Å². The third kappa shape index (κ3) is 3.99. The summed E-state index contributed by atoms with van der Waals surface area (Å²) in [5.74, 6) is -0.182. The predicted octanol–water partition coefficient (Wildman–Crippen LogP) is 3.69. The Morgan fingerprint density at radius 1 is 1.00 bits per heavy atom. The molecule has 0 saturated carbocycles. The first kappa shape index (κ1) is 15.9. The van der Waals surface area contributed by atoms with Gasteiger partial charge in [0.2, 0.25) is 0 Å².